The molecule has 6 heteroatoms. The summed E-state index contributed by atoms with van der Waals surface area (Å²) in [6.45, 7) is 6.59. The van der Waals surface area contributed by atoms with Gasteiger partial charge in [-0.15, -0.1) is 12.4 Å². The standard InChI is InChI=1S/C11H20N4O.ClH/c1-7(2)9-6-10(15-14-9)11(16)13-5-4-8(3)12;/h6-8H,4-5,12H2,1-3H3,(H,13,16)(H,14,15);1H. The van der Waals surface area contributed by atoms with Crippen LogP contribution in [0.3, 0.4) is 0 Å². The van der Waals surface area contributed by atoms with Crippen molar-refractivity contribution >= 4 is 18.3 Å². The van der Waals surface area contributed by atoms with Crippen LogP contribution in [0.25, 0.3) is 0 Å². The van der Waals surface area contributed by atoms with Gasteiger partial charge in [0.05, 0.1) is 0 Å². The Morgan fingerprint density at radius 1 is 1.53 bits per heavy atom. The number of aromatic nitrogens is 2. The lowest BCUT2D eigenvalue weighted by atomic mass is 10.1. The van der Waals surface area contributed by atoms with Crippen LogP contribution >= 0.6 is 12.4 Å². The van der Waals surface area contributed by atoms with Crippen molar-refractivity contribution in [3.05, 3.63) is 17.5 Å². The van der Waals surface area contributed by atoms with Crippen LogP contribution in [-0.2, 0) is 0 Å². The largest absolute Gasteiger partial charge is 0.351 e. The average molecular weight is 261 g/mol. The number of halogens is 1. The average Bonchev–Trinajstić information content (AvgIpc) is 2.65. The van der Waals surface area contributed by atoms with E-state index in [4.69, 9.17) is 5.73 Å². The molecule has 0 aromatic carbocycles. The van der Waals surface area contributed by atoms with Crippen molar-refractivity contribution in [2.75, 3.05) is 6.54 Å². The third-order valence-corrected chi connectivity index (χ3v) is 2.34. The second kappa shape index (κ2) is 7.29. The van der Waals surface area contributed by atoms with Crippen LogP contribution in [0.5, 0.6) is 0 Å². The van der Waals surface area contributed by atoms with Gasteiger partial charge in [-0.25, -0.2) is 0 Å². The van der Waals surface area contributed by atoms with Gasteiger partial charge >= 0.3 is 0 Å². The van der Waals surface area contributed by atoms with Crippen molar-refractivity contribution in [1.82, 2.24) is 15.5 Å². The molecule has 0 radical (unpaired) electrons. The van der Waals surface area contributed by atoms with Gasteiger partial charge in [0.2, 0.25) is 0 Å². The SMILES string of the molecule is CC(N)CCNC(=O)c1cc(C(C)C)[nH]n1.Cl. The second-order valence-corrected chi connectivity index (χ2v) is 4.39. The predicted octanol–water partition coefficient (Wildman–Crippen LogP) is 1.42. The molecule has 1 unspecified atom stereocenters. The summed E-state index contributed by atoms with van der Waals surface area (Å²) in [4.78, 5) is 11.6. The van der Waals surface area contributed by atoms with E-state index in [1.807, 2.05) is 20.8 Å². The summed E-state index contributed by atoms with van der Waals surface area (Å²) in [5, 5.41) is 9.60. The maximum atomic E-state index is 11.6. The van der Waals surface area contributed by atoms with E-state index in [0.29, 0.717) is 18.2 Å². The fourth-order valence-corrected chi connectivity index (χ4v) is 1.25. The number of rotatable bonds is 5. The number of nitrogens with two attached hydrogens (primary N) is 1. The molecule has 17 heavy (non-hydrogen) atoms. The van der Waals surface area contributed by atoms with E-state index in [0.717, 1.165) is 12.1 Å². The minimum atomic E-state index is -0.149. The first kappa shape index (κ1) is 15.9. The van der Waals surface area contributed by atoms with E-state index in [9.17, 15) is 4.79 Å². The highest BCUT2D eigenvalue weighted by Gasteiger charge is 2.11. The molecule has 0 bridgehead atoms. The third-order valence-electron chi connectivity index (χ3n) is 2.34. The van der Waals surface area contributed by atoms with Gasteiger partial charge in [-0.05, 0) is 25.3 Å². The van der Waals surface area contributed by atoms with Crippen molar-refractivity contribution < 1.29 is 4.79 Å². The Labute approximate surface area is 108 Å². The van der Waals surface area contributed by atoms with Gasteiger partial charge in [-0.1, -0.05) is 13.8 Å². The van der Waals surface area contributed by atoms with E-state index < -0.39 is 0 Å². The molecule has 5 nitrogen and oxygen atoms in total. The Morgan fingerprint density at radius 3 is 2.65 bits per heavy atom. The normalized spacial score (nSPS) is 12.1. The summed E-state index contributed by atoms with van der Waals surface area (Å²) in [5.74, 6) is 0.196. The van der Waals surface area contributed by atoms with Gasteiger partial charge in [-0.3, -0.25) is 9.89 Å². The summed E-state index contributed by atoms with van der Waals surface area (Å²) >= 11 is 0. The molecule has 1 aromatic rings. The number of carbonyl (C=O) groups excluding carboxylic acids is 1. The van der Waals surface area contributed by atoms with Crippen molar-refractivity contribution in [3.8, 4) is 0 Å². The van der Waals surface area contributed by atoms with Gasteiger partial charge in [-0.2, -0.15) is 5.10 Å². The van der Waals surface area contributed by atoms with Crippen molar-refractivity contribution in [2.45, 2.75) is 39.2 Å². The van der Waals surface area contributed by atoms with Crippen LogP contribution in [0.4, 0.5) is 0 Å². The molecule has 0 saturated heterocycles. The maximum Gasteiger partial charge on any atom is 0.271 e. The molecule has 0 fully saturated rings. The molecular weight excluding hydrogens is 240 g/mol. The van der Waals surface area contributed by atoms with E-state index in [1.54, 1.807) is 6.07 Å². The van der Waals surface area contributed by atoms with Gasteiger partial charge in [0, 0.05) is 18.3 Å². The molecule has 0 saturated carbocycles. The van der Waals surface area contributed by atoms with Crippen molar-refractivity contribution in [2.24, 2.45) is 5.73 Å². The first-order valence-electron chi connectivity index (χ1n) is 5.59. The Bertz CT molecular complexity index is 349. The smallest absolute Gasteiger partial charge is 0.271 e. The summed E-state index contributed by atoms with van der Waals surface area (Å²) in [5.41, 5.74) is 7.00. The number of amides is 1. The molecule has 0 aliphatic heterocycles. The quantitative estimate of drug-likeness (QED) is 0.749. The first-order valence-corrected chi connectivity index (χ1v) is 5.59. The topological polar surface area (TPSA) is 83.8 Å². The second-order valence-electron chi connectivity index (χ2n) is 4.39. The Kier molecular flexibility index (Phi) is 6.83. The highest BCUT2D eigenvalue weighted by molar-refractivity contribution is 5.92. The minimum Gasteiger partial charge on any atom is -0.351 e. The molecule has 0 spiro atoms. The third kappa shape index (κ3) is 5.19. The van der Waals surface area contributed by atoms with E-state index in [2.05, 4.69) is 15.5 Å². The van der Waals surface area contributed by atoms with Gasteiger partial charge < -0.3 is 11.1 Å². The van der Waals surface area contributed by atoms with Gasteiger partial charge in [0.1, 0.15) is 5.69 Å². The van der Waals surface area contributed by atoms with Crippen LogP contribution in [0.1, 0.15) is 49.3 Å². The molecule has 1 heterocycles. The molecule has 1 aromatic heterocycles. The number of nitrogens with one attached hydrogen (secondary N) is 2. The molecule has 1 amide bonds. The van der Waals surface area contributed by atoms with E-state index in [1.165, 1.54) is 0 Å². The monoisotopic (exact) mass is 260 g/mol. The van der Waals surface area contributed by atoms with Crippen molar-refractivity contribution in [1.29, 1.82) is 0 Å². The zero-order valence-electron chi connectivity index (χ0n) is 10.5. The molecule has 0 aliphatic carbocycles. The summed E-state index contributed by atoms with van der Waals surface area (Å²) < 4.78 is 0. The number of H-pyrrole nitrogens is 1. The van der Waals surface area contributed by atoms with Crippen LogP contribution < -0.4 is 11.1 Å². The van der Waals surface area contributed by atoms with E-state index in [-0.39, 0.29) is 24.4 Å². The lowest BCUT2D eigenvalue weighted by Gasteiger charge is -2.05. The highest BCUT2D eigenvalue weighted by atomic mass is 35.5. The molecule has 1 rings (SSSR count). The van der Waals surface area contributed by atoms with Crippen LogP contribution in [0, 0.1) is 0 Å². The first-order chi connectivity index (χ1) is 7.50. The molecule has 0 aliphatic rings. The minimum absolute atomic E-state index is 0. The maximum absolute atomic E-state index is 11.6. The highest BCUT2D eigenvalue weighted by Crippen LogP contribution is 2.11. The fourth-order valence-electron chi connectivity index (χ4n) is 1.25. The van der Waals surface area contributed by atoms with E-state index >= 15 is 0 Å². The van der Waals surface area contributed by atoms with Crippen molar-refractivity contribution in [3.63, 3.8) is 0 Å². The number of carbonyl (C=O) groups is 1. The zero-order chi connectivity index (χ0) is 12.1. The predicted molar refractivity (Wildman–Crippen MR) is 70.5 cm³/mol. The Balaban J connectivity index is 0.00000256. The zero-order valence-corrected chi connectivity index (χ0v) is 11.3. The fraction of sp³-hybridized carbons (Fsp3) is 0.636. The molecule has 98 valence electrons. The number of hydrogen-bond acceptors (Lipinski definition) is 3. The number of aromatic amines is 1. The summed E-state index contributed by atoms with van der Waals surface area (Å²) in [6, 6.07) is 1.89. The Hall–Kier alpha value is -1.07. The molecular formula is C11H21ClN4O. The number of hydrogen-bond donors (Lipinski definition) is 3. The van der Waals surface area contributed by atoms with Gasteiger partial charge in [0.25, 0.3) is 5.91 Å². The van der Waals surface area contributed by atoms with Crippen LogP contribution in [0.15, 0.2) is 6.07 Å². The van der Waals surface area contributed by atoms with Crippen LogP contribution in [0.2, 0.25) is 0 Å². The molecule has 4 N–H and O–H groups in total. The lowest BCUT2D eigenvalue weighted by Crippen LogP contribution is -2.29. The summed E-state index contributed by atoms with van der Waals surface area (Å²) in [6.07, 6.45) is 0.771. The molecule has 1 atom stereocenters. The van der Waals surface area contributed by atoms with Crippen LogP contribution in [-0.4, -0.2) is 28.7 Å². The van der Waals surface area contributed by atoms with Gasteiger partial charge in [0.15, 0.2) is 0 Å². The number of nitrogens with zero attached hydrogens (tertiary/aromatic N) is 1. The lowest BCUT2D eigenvalue weighted by molar-refractivity contribution is 0.0948. The Morgan fingerprint density at radius 2 is 2.18 bits per heavy atom. The summed E-state index contributed by atoms with van der Waals surface area (Å²) in [7, 11) is 0.